The Bertz CT molecular complexity index is 864. The monoisotopic (exact) mass is 300 g/mol. The van der Waals surface area contributed by atoms with Crippen LogP contribution in [0.15, 0.2) is 60.7 Å². The second-order valence-corrected chi connectivity index (χ2v) is 6.08. The Labute approximate surface area is 136 Å². The van der Waals surface area contributed by atoms with Gasteiger partial charge in [0.05, 0.1) is 5.92 Å². The molecule has 0 aromatic heterocycles. The average Bonchev–Trinajstić information content (AvgIpc) is 2.62. The molecule has 2 heteroatoms. The third kappa shape index (κ3) is 2.27. The summed E-state index contributed by atoms with van der Waals surface area (Å²) in [6.45, 7) is 0. The van der Waals surface area contributed by atoms with E-state index in [1.165, 1.54) is 10.9 Å². The van der Waals surface area contributed by atoms with Crippen LogP contribution in [0.3, 0.4) is 0 Å². The van der Waals surface area contributed by atoms with E-state index in [2.05, 4.69) is 29.6 Å². The Morgan fingerprint density at radius 3 is 2.70 bits per heavy atom. The number of ketones is 1. The van der Waals surface area contributed by atoms with Crippen LogP contribution in [0.2, 0.25) is 0 Å². The summed E-state index contributed by atoms with van der Waals surface area (Å²) in [6, 6.07) is 23.3. The van der Waals surface area contributed by atoms with Crippen molar-refractivity contribution >= 4 is 16.6 Å². The van der Waals surface area contributed by atoms with Gasteiger partial charge in [-0.1, -0.05) is 60.7 Å². The van der Waals surface area contributed by atoms with E-state index in [1.807, 2.05) is 49.5 Å². The second kappa shape index (κ2) is 5.64. The summed E-state index contributed by atoms with van der Waals surface area (Å²) in [4.78, 5) is 13.2. The summed E-state index contributed by atoms with van der Waals surface area (Å²) in [6.07, 6.45) is 0.863. The maximum atomic E-state index is 13.2. The van der Waals surface area contributed by atoms with Gasteiger partial charge in [0, 0.05) is 11.6 Å². The molecule has 2 atom stereocenters. The van der Waals surface area contributed by atoms with Gasteiger partial charge in [0.2, 0.25) is 0 Å². The fourth-order valence-electron chi connectivity index (χ4n) is 3.74. The molecule has 2 nitrogen and oxygen atoms in total. The molecule has 0 saturated carbocycles. The quantitative estimate of drug-likeness (QED) is 0.746. The number of hydrogen-bond acceptors (Lipinski definition) is 2. The van der Waals surface area contributed by atoms with E-state index < -0.39 is 0 Å². The SMILES string of the molecule is CNC1Cc2cc[c]c3cccc(c23)C1C(=O)c1ccccc1. The minimum Gasteiger partial charge on any atom is -0.316 e. The van der Waals surface area contributed by atoms with Crippen LogP contribution in [0, 0.1) is 6.07 Å². The van der Waals surface area contributed by atoms with Crippen molar-refractivity contribution in [1.82, 2.24) is 5.32 Å². The number of carbonyl (C=O) groups is 1. The van der Waals surface area contributed by atoms with E-state index in [4.69, 9.17) is 0 Å². The highest BCUT2D eigenvalue weighted by Gasteiger charge is 2.35. The largest absolute Gasteiger partial charge is 0.316 e. The van der Waals surface area contributed by atoms with Crippen molar-refractivity contribution in [2.45, 2.75) is 18.4 Å². The minimum absolute atomic E-state index is 0.114. The van der Waals surface area contributed by atoms with Crippen molar-refractivity contribution < 1.29 is 4.79 Å². The molecule has 0 saturated heterocycles. The molecule has 0 bridgehead atoms. The molecule has 3 aromatic rings. The molecule has 0 heterocycles. The maximum absolute atomic E-state index is 13.2. The standard InChI is InChI=1S/C21H18NO/c1-22-18-13-16-11-5-9-14-10-6-12-17(19(14)16)20(18)21(23)15-7-3-2-4-8-15/h2-8,10-12,18,20,22H,13H2,1H3. The lowest BCUT2D eigenvalue weighted by molar-refractivity contribution is 0.0940. The molecule has 1 aliphatic rings. The van der Waals surface area contributed by atoms with Crippen LogP contribution in [-0.2, 0) is 6.42 Å². The molecular formula is C21H18NO. The van der Waals surface area contributed by atoms with Gasteiger partial charge in [-0.3, -0.25) is 4.79 Å². The molecular weight excluding hydrogens is 282 g/mol. The van der Waals surface area contributed by atoms with Gasteiger partial charge in [-0.15, -0.1) is 0 Å². The first-order chi connectivity index (χ1) is 11.3. The first-order valence-electron chi connectivity index (χ1n) is 7.98. The summed E-state index contributed by atoms with van der Waals surface area (Å²) in [5.74, 6) is 0.0290. The Morgan fingerprint density at radius 1 is 1.09 bits per heavy atom. The minimum atomic E-state index is -0.158. The van der Waals surface area contributed by atoms with Crippen LogP contribution in [0.4, 0.5) is 0 Å². The highest BCUT2D eigenvalue weighted by Crippen LogP contribution is 2.38. The predicted octanol–water partition coefficient (Wildman–Crippen LogP) is 3.75. The van der Waals surface area contributed by atoms with Gasteiger partial charge in [0.25, 0.3) is 0 Å². The van der Waals surface area contributed by atoms with Gasteiger partial charge in [0.1, 0.15) is 0 Å². The van der Waals surface area contributed by atoms with Gasteiger partial charge in [0.15, 0.2) is 5.78 Å². The average molecular weight is 300 g/mol. The van der Waals surface area contributed by atoms with Crippen molar-refractivity contribution in [1.29, 1.82) is 0 Å². The smallest absolute Gasteiger partial charge is 0.171 e. The number of benzene rings is 3. The van der Waals surface area contributed by atoms with E-state index in [1.54, 1.807) is 0 Å². The van der Waals surface area contributed by atoms with E-state index in [0.717, 1.165) is 22.9 Å². The van der Waals surface area contributed by atoms with Crippen LogP contribution in [0.1, 0.15) is 27.4 Å². The molecule has 2 unspecified atom stereocenters. The number of likely N-dealkylation sites (N-methyl/N-ethyl adjacent to an activating group) is 1. The molecule has 1 aliphatic carbocycles. The maximum Gasteiger partial charge on any atom is 0.171 e. The Hall–Kier alpha value is -2.45. The van der Waals surface area contributed by atoms with Crippen molar-refractivity contribution in [2.75, 3.05) is 7.05 Å². The Morgan fingerprint density at radius 2 is 1.91 bits per heavy atom. The fraction of sp³-hybridized carbons (Fsp3) is 0.190. The van der Waals surface area contributed by atoms with E-state index in [-0.39, 0.29) is 17.7 Å². The normalized spacial score (nSPS) is 19.7. The topological polar surface area (TPSA) is 29.1 Å². The highest BCUT2D eigenvalue weighted by atomic mass is 16.1. The van der Waals surface area contributed by atoms with Gasteiger partial charge >= 0.3 is 0 Å². The third-order valence-electron chi connectivity index (χ3n) is 4.83. The van der Waals surface area contributed by atoms with E-state index in [0.29, 0.717) is 0 Å². The third-order valence-corrected chi connectivity index (χ3v) is 4.83. The Balaban J connectivity index is 1.91. The van der Waals surface area contributed by atoms with Crippen molar-refractivity contribution in [3.8, 4) is 0 Å². The van der Waals surface area contributed by atoms with Crippen LogP contribution in [-0.4, -0.2) is 18.9 Å². The first-order valence-corrected chi connectivity index (χ1v) is 7.98. The highest BCUT2D eigenvalue weighted by molar-refractivity contribution is 6.05. The molecule has 113 valence electrons. The number of hydrogen-bond donors (Lipinski definition) is 1. The number of carbonyl (C=O) groups excluding carboxylic acids is 1. The predicted molar refractivity (Wildman–Crippen MR) is 92.8 cm³/mol. The number of Topliss-reactive ketones (excluding diaryl/α,β-unsaturated/α-hetero) is 1. The van der Waals surface area contributed by atoms with Gasteiger partial charge < -0.3 is 5.32 Å². The van der Waals surface area contributed by atoms with Gasteiger partial charge in [-0.2, -0.15) is 0 Å². The molecule has 4 rings (SSSR count). The van der Waals surface area contributed by atoms with Crippen molar-refractivity contribution in [2.24, 2.45) is 0 Å². The molecule has 0 amide bonds. The number of rotatable bonds is 3. The molecule has 0 fully saturated rings. The van der Waals surface area contributed by atoms with E-state index >= 15 is 0 Å². The first kappa shape index (κ1) is 14.2. The lowest BCUT2D eigenvalue weighted by Crippen LogP contribution is -2.40. The molecule has 3 aromatic carbocycles. The molecule has 0 aliphatic heterocycles. The van der Waals surface area contributed by atoms with Crippen LogP contribution >= 0.6 is 0 Å². The molecule has 1 N–H and O–H groups in total. The zero-order valence-electron chi connectivity index (χ0n) is 13.0. The van der Waals surface area contributed by atoms with Crippen LogP contribution in [0.25, 0.3) is 10.8 Å². The lowest BCUT2D eigenvalue weighted by atomic mass is 9.75. The van der Waals surface area contributed by atoms with Crippen molar-refractivity contribution in [3.63, 3.8) is 0 Å². The zero-order chi connectivity index (χ0) is 15.8. The molecule has 23 heavy (non-hydrogen) atoms. The van der Waals surface area contributed by atoms with Gasteiger partial charge in [-0.05, 0) is 41.4 Å². The van der Waals surface area contributed by atoms with E-state index in [9.17, 15) is 4.79 Å². The van der Waals surface area contributed by atoms with Crippen LogP contribution < -0.4 is 5.32 Å². The summed E-state index contributed by atoms with van der Waals surface area (Å²) in [7, 11) is 1.94. The summed E-state index contributed by atoms with van der Waals surface area (Å²) in [5.41, 5.74) is 3.19. The molecule has 1 radical (unpaired) electrons. The lowest BCUT2D eigenvalue weighted by Gasteiger charge is -2.32. The van der Waals surface area contributed by atoms with Crippen LogP contribution in [0.5, 0.6) is 0 Å². The fourth-order valence-corrected chi connectivity index (χ4v) is 3.74. The molecule has 0 spiro atoms. The second-order valence-electron chi connectivity index (χ2n) is 6.08. The summed E-state index contributed by atoms with van der Waals surface area (Å²) < 4.78 is 0. The summed E-state index contributed by atoms with van der Waals surface area (Å²) >= 11 is 0. The number of nitrogens with one attached hydrogen (secondary N) is 1. The van der Waals surface area contributed by atoms with Gasteiger partial charge in [-0.25, -0.2) is 0 Å². The van der Waals surface area contributed by atoms with Crippen molar-refractivity contribution in [3.05, 3.63) is 83.4 Å². The summed E-state index contributed by atoms with van der Waals surface area (Å²) in [5, 5.41) is 5.66. The zero-order valence-corrected chi connectivity index (χ0v) is 13.0. The Kier molecular flexibility index (Phi) is 3.47.